The van der Waals surface area contributed by atoms with Gasteiger partial charge in [-0.15, -0.1) is 5.10 Å². The van der Waals surface area contributed by atoms with E-state index in [9.17, 15) is 5.26 Å². The maximum absolute atomic E-state index is 10.8. The van der Waals surface area contributed by atoms with E-state index in [1.54, 1.807) is 4.68 Å². The molecule has 0 aliphatic carbocycles. The lowest BCUT2D eigenvalue weighted by Crippen LogP contribution is -2.33. The Morgan fingerprint density at radius 1 is 0.706 bits per heavy atom. The molecule has 0 spiro atoms. The Balaban J connectivity index is 1.97. The summed E-state index contributed by atoms with van der Waals surface area (Å²) in [6.45, 7) is -0.595. The molecular formula is C28H22N5P. The van der Waals surface area contributed by atoms with Crippen LogP contribution in [0.1, 0.15) is 5.56 Å². The average Bonchev–Trinajstić information content (AvgIpc) is 3.38. The van der Waals surface area contributed by atoms with Gasteiger partial charge in [0.25, 0.3) is 0 Å². The molecule has 0 saturated heterocycles. The molecule has 0 radical (unpaired) electrons. The first kappa shape index (κ1) is 21.6. The molecule has 0 bridgehead atoms. The average molecular weight is 459 g/mol. The predicted octanol–water partition coefficient (Wildman–Crippen LogP) is 4.14. The van der Waals surface area contributed by atoms with E-state index in [4.69, 9.17) is 0 Å². The largest absolute Gasteiger partial charge is 0.191 e. The number of aryl methyl sites for hydroxylation is 1. The van der Waals surface area contributed by atoms with Crippen molar-refractivity contribution in [1.29, 1.82) is 5.26 Å². The van der Waals surface area contributed by atoms with E-state index >= 15 is 0 Å². The highest BCUT2D eigenvalue weighted by Gasteiger charge is 2.33. The molecule has 5 nitrogen and oxygen atoms in total. The minimum Gasteiger partial charge on any atom is -0.191 e. The van der Waals surface area contributed by atoms with E-state index in [0.717, 1.165) is 27.0 Å². The molecule has 0 fully saturated rings. The first-order valence-electron chi connectivity index (χ1n) is 10.9. The van der Waals surface area contributed by atoms with Crippen molar-refractivity contribution in [3.63, 3.8) is 0 Å². The highest BCUT2D eigenvalue weighted by molar-refractivity contribution is 7.95. The van der Waals surface area contributed by atoms with E-state index in [2.05, 4.69) is 58.0 Å². The smallest absolute Gasteiger partial charge is 0.188 e. The number of nitriles is 1. The molecule has 164 valence electrons. The maximum Gasteiger partial charge on any atom is 0.188 e. The summed E-state index contributed by atoms with van der Waals surface area (Å²) in [4.78, 5) is 0. The van der Waals surface area contributed by atoms with Gasteiger partial charge < -0.3 is 0 Å². The first-order valence-corrected chi connectivity index (χ1v) is 12.7. The van der Waals surface area contributed by atoms with Gasteiger partial charge in [0.2, 0.25) is 0 Å². The Bertz CT molecular complexity index is 1400. The fourth-order valence-electron chi connectivity index (χ4n) is 4.25. The summed E-state index contributed by atoms with van der Waals surface area (Å²) in [6, 6.07) is 41.3. The van der Waals surface area contributed by atoms with Gasteiger partial charge in [-0.25, -0.2) is 0 Å². The van der Waals surface area contributed by atoms with Crippen LogP contribution in [0.4, 0.5) is 0 Å². The summed E-state index contributed by atoms with van der Waals surface area (Å²) >= 11 is 0. The van der Waals surface area contributed by atoms with Gasteiger partial charge in [-0.2, -0.15) is 9.94 Å². The van der Waals surface area contributed by atoms with Gasteiger partial charge in [0.05, 0.1) is 0 Å². The number of benzene rings is 4. The van der Waals surface area contributed by atoms with Crippen LogP contribution in [0.15, 0.2) is 115 Å². The van der Waals surface area contributed by atoms with Crippen LogP contribution in [0.3, 0.4) is 0 Å². The zero-order valence-corrected chi connectivity index (χ0v) is 19.5. The first-order chi connectivity index (χ1) is 16.7. The van der Waals surface area contributed by atoms with Crippen LogP contribution in [0.2, 0.25) is 0 Å². The van der Waals surface area contributed by atoms with E-state index < -0.39 is 6.89 Å². The van der Waals surface area contributed by atoms with Gasteiger partial charge in [0.1, 0.15) is 6.07 Å². The molecule has 0 N–H and O–H groups in total. The van der Waals surface area contributed by atoms with Crippen molar-refractivity contribution >= 4 is 28.2 Å². The molecular weight excluding hydrogens is 437 g/mol. The van der Waals surface area contributed by atoms with Crippen molar-refractivity contribution in [1.82, 2.24) is 20.2 Å². The van der Waals surface area contributed by atoms with Crippen molar-refractivity contribution in [3.05, 3.63) is 121 Å². The van der Waals surface area contributed by atoms with Gasteiger partial charge in [-0.1, -0.05) is 121 Å². The summed E-state index contributed by atoms with van der Waals surface area (Å²) < 4.78 is 1.63. The molecule has 0 unspecified atom stereocenters. The fourth-order valence-corrected chi connectivity index (χ4v) is 8.30. The van der Waals surface area contributed by atoms with Crippen molar-refractivity contribution in [2.24, 2.45) is 0 Å². The van der Waals surface area contributed by atoms with Crippen LogP contribution in [0.25, 0.3) is 11.4 Å². The lowest BCUT2D eigenvalue weighted by atomic mass is 10.1. The highest BCUT2D eigenvalue weighted by Crippen LogP contribution is 2.46. The van der Waals surface area contributed by atoms with Crippen LogP contribution in [0, 0.1) is 18.3 Å². The molecule has 0 atom stereocenters. The standard InChI is InChI=1S/C28H22N5P/c1-22-17-19-23(20-18-22)28-30-31-32-33(28)27(21-29)34(24-11-5-2-6-12-24,25-13-7-3-8-14-25)26-15-9-4-10-16-26/h2-20H,1H3. The molecule has 5 aromatic rings. The number of rotatable bonds is 5. The lowest BCUT2D eigenvalue weighted by Gasteiger charge is -2.30. The number of tetrazole rings is 1. The second kappa shape index (κ2) is 9.31. The minimum absolute atomic E-state index is 0.511. The number of hydrogen-bond donors (Lipinski definition) is 0. The molecule has 0 saturated carbocycles. The summed E-state index contributed by atoms with van der Waals surface area (Å²) in [5.74, 6) is 0.545. The molecule has 0 aliphatic heterocycles. The Kier molecular flexibility index (Phi) is 5.91. The molecule has 4 aromatic carbocycles. The van der Waals surface area contributed by atoms with Crippen LogP contribution in [-0.2, 0) is 0 Å². The van der Waals surface area contributed by atoms with Gasteiger partial charge in [-0.3, -0.25) is 0 Å². The van der Waals surface area contributed by atoms with Crippen LogP contribution in [0.5, 0.6) is 0 Å². The van der Waals surface area contributed by atoms with Gasteiger partial charge >= 0.3 is 0 Å². The van der Waals surface area contributed by atoms with E-state index in [0.29, 0.717) is 11.2 Å². The highest BCUT2D eigenvalue weighted by atomic mass is 31.2. The number of nitrogens with zero attached hydrogens (tertiary/aromatic N) is 5. The molecule has 6 heteroatoms. The van der Waals surface area contributed by atoms with Crippen LogP contribution < -0.4 is 15.9 Å². The fraction of sp³-hybridized carbons (Fsp3) is 0.0357. The normalized spacial score (nSPS) is 11.1. The molecule has 5 rings (SSSR count). The van der Waals surface area contributed by atoms with E-state index in [-0.39, 0.29) is 0 Å². The quantitative estimate of drug-likeness (QED) is 0.371. The van der Waals surface area contributed by atoms with E-state index in [1.165, 1.54) is 0 Å². The molecule has 34 heavy (non-hydrogen) atoms. The van der Waals surface area contributed by atoms with Crippen molar-refractivity contribution in [2.45, 2.75) is 6.92 Å². The van der Waals surface area contributed by atoms with Gasteiger partial charge in [-0.05, 0) is 33.3 Å². The Morgan fingerprint density at radius 3 is 1.62 bits per heavy atom. The van der Waals surface area contributed by atoms with Gasteiger partial charge in [0.15, 0.2) is 11.2 Å². The zero-order valence-electron chi connectivity index (χ0n) is 18.7. The Hall–Kier alpha value is -4.26. The second-order valence-corrected chi connectivity index (χ2v) is 11.2. The van der Waals surface area contributed by atoms with Gasteiger partial charge in [0, 0.05) is 12.4 Å². The maximum atomic E-state index is 10.8. The molecule has 1 aromatic heterocycles. The number of aromatic nitrogens is 4. The topological polar surface area (TPSA) is 67.4 Å². The third kappa shape index (κ3) is 3.65. The van der Waals surface area contributed by atoms with Crippen LogP contribution >= 0.6 is 6.89 Å². The Labute approximate surface area is 198 Å². The number of hydrogen-bond acceptors (Lipinski definition) is 4. The van der Waals surface area contributed by atoms with Crippen molar-refractivity contribution in [2.75, 3.05) is 0 Å². The molecule has 1 heterocycles. The summed E-state index contributed by atoms with van der Waals surface area (Å²) in [5.41, 5.74) is 2.51. The third-order valence-electron chi connectivity index (χ3n) is 5.83. The third-order valence-corrected chi connectivity index (χ3v) is 9.97. The monoisotopic (exact) mass is 459 g/mol. The summed E-state index contributed by atoms with van der Waals surface area (Å²) in [7, 11) is 0. The SMILES string of the molecule is Cc1ccc(-c2nnnn2C(C#N)=P(c2ccccc2)(c2ccccc2)c2ccccc2)cc1. The molecule has 0 aliphatic rings. The van der Waals surface area contributed by atoms with Crippen molar-refractivity contribution < 1.29 is 0 Å². The van der Waals surface area contributed by atoms with E-state index in [1.807, 2.05) is 85.8 Å². The summed E-state index contributed by atoms with van der Waals surface area (Å²) in [5, 5.41) is 26.6. The zero-order chi connectivity index (χ0) is 23.4. The van der Waals surface area contributed by atoms with Crippen molar-refractivity contribution in [3.8, 4) is 17.5 Å². The minimum atomic E-state index is -2.63. The molecule has 0 amide bonds. The second-order valence-electron chi connectivity index (χ2n) is 7.89. The Morgan fingerprint density at radius 2 is 1.18 bits per heavy atom. The lowest BCUT2D eigenvalue weighted by molar-refractivity contribution is 0.829. The predicted molar refractivity (Wildman–Crippen MR) is 139 cm³/mol. The van der Waals surface area contributed by atoms with Crippen LogP contribution in [-0.4, -0.2) is 25.6 Å². The summed E-state index contributed by atoms with van der Waals surface area (Å²) in [6.07, 6.45) is 0.